The molecule has 23 nitrogen and oxygen atoms in total. The Kier molecular flexibility index (Phi) is 24.2. The van der Waals surface area contributed by atoms with Gasteiger partial charge in [0.1, 0.15) is 33.2 Å². The molecule has 12 rings (SSSR count). The van der Waals surface area contributed by atoms with Crippen LogP contribution in [0.4, 0.5) is 25.8 Å². The number of ether oxygens (including phenoxy) is 12. The van der Waals surface area contributed by atoms with Gasteiger partial charge in [-0.1, -0.05) is 18.2 Å². The van der Waals surface area contributed by atoms with Crippen LogP contribution < -0.4 is 19.9 Å². The number of aliphatic hydroxyl groups is 1. The lowest BCUT2D eigenvalue weighted by Crippen LogP contribution is -2.50. The van der Waals surface area contributed by atoms with Crippen LogP contribution >= 0.6 is 0 Å². The van der Waals surface area contributed by atoms with E-state index in [4.69, 9.17) is 62.6 Å². The van der Waals surface area contributed by atoms with Crippen LogP contribution in [0.15, 0.2) is 91.0 Å². The lowest BCUT2D eigenvalue weighted by Gasteiger charge is -2.39. The maximum absolute atomic E-state index is 13.9. The van der Waals surface area contributed by atoms with Crippen LogP contribution in [0.5, 0.6) is 17.6 Å². The zero-order valence-corrected chi connectivity index (χ0v) is 53.5. The molecule has 0 spiro atoms. The first-order valence-corrected chi connectivity index (χ1v) is 32.1. The molecular weight excluding hydrogens is 1220 g/mol. The number of benzene rings is 3. The van der Waals surface area contributed by atoms with E-state index < -0.39 is 39.4 Å². The number of hydrogen-bond acceptors (Lipinski definition) is 21. The Morgan fingerprint density at radius 3 is 1.13 bits per heavy atom. The molecule has 0 amide bonds. The van der Waals surface area contributed by atoms with E-state index in [0.29, 0.717) is 123 Å². The average Bonchev–Trinajstić information content (AvgIpc) is 0.783. The number of nitrogens with zero attached hydrogens (tertiary/aromatic N) is 5. The molecular formula is C69H84F2N6O17. The average molecular weight is 1310 g/mol. The lowest BCUT2D eigenvalue weighted by molar-refractivity contribution is -0.385. The second kappa shape index (κ2) is 32.8. The van der Waals surface area contributed by atoms with E-state index in [9.17, 15) is 34.1 Å². The van der Waals surface area contributed by atoms with Crippen molar-refractivity contribution in [3.8, 4) is 51.0 Å². The van der Waals surface area contributed by atoms with Gasteiger partial charge in [-0.05, 0) is 159 Å². The van der Waals surface area contributed by atoms with E-state index in [2.05, 4.69) is 15.0 Å². The summed E-state index contributed by atoms with van der Waals surface area (Å²) in [6.45, 7) is 10.5. The minimum atomic E-state index is -0.824. The van der Waals surface area contributed by atoms with E-state index in [1.165, 1.54) is 18.2 Å². The number of non-ortho nitro benzene ring substituents is 2. The van der Waals surface area contributed by atoms with E-state index in [0.717, 1.165) is 97.8 Å². The Hall–Kier alpha value is -7.43. The van der Waals surface area contributed by atoms with Crippen molar-refractivity contribution in [2.45, 2.75) is 114 Å². The van der Waals surface area contributed by atoms with Gasteiger partial charge in [-0.15, -0.1) is 0 Å². The number of hydrogen-bond donors (Lipinski definition) is 2. The number of aryl methyl sites for hydroxylation is 3. The van der Waals surface area contributed by atoms with Crippen molar-refractivity contribution in [3.05, 3.63) is 145 Å². The summed E-state index contributed by atoms with van der Waals surface area (Å²) in [6, 6.07) is 26.1. The van der Waals surface area contributed by atoms with Crippen molar-refractivity contribution < 1.29 is 80.6 Å². The Balaban J connectivity index is 0.000000154. The van der Waals surface area contributed by atoms with Gasteiger partial charge >= 0.3 is 0 Å². The number of nitrogens with two attached hydrogens (primary N) is 1. The molecule has 3 aromatic heterocycles. The number of pyridine rings is 3. The van der Waals surface area contributed by atoms with Crippen LogP contribution in [0.1, 0.15) is 91.6 Å². The fraction of sp³-hybridized carbons (Fsp3) is 0.522. The number of aliphatic hydroxyl groups excluding tert-OH is 1. The van der Waals surface area contributed by atoms with Crippen LogP contribution in [-0.4, -0.2) is 168 Å². The van der Waals surface area contributed by atoms with Crippen LogP contribution in [0, 0.1) is 41.0 Å². The molecule has 3 N–H and O–H groups in total. The Bertz CT molecular complexity index is 3330. The highest BCUT2D eigenvalue weighted by Crippen LogP contribution is 2.41. The quantitative estimate of drug-likeness (QED) is 0.0221. The number of anilines is 1. The molecule has 6 fully saturated rings. The van der Waals surface area contributed by atoms with E-state index >= 15 is 0 Å². The number of nitrogen functional groups attached to an aromatic ring is 1. The summed E-state index contributed by atoms with van der Waals surface area (Å²) in [5.74, 6) is 1.13. The summed E-state index contributed by atoms with van der Waals surface area (Å²) in [6.07, 6.45) is 8.56. The Morgan fingerprint density at radius 1 is 0.489 bits per heavy atom. The second-order valence-electron chi connectivity index (χ2n) is 24.6. The van der Waals surface area contributed by atoms with Crippen molar-refractivity contribution in [2.75, 3.05) is 125 Å². The standard InChI is InChI=1S/C23H27FN2O6.C23H29FN2O4.C23H28N2O7/c1-16-5-6-18(26(27)28)12-19(16)17-10-20(23(13-24)14-29-15-23)25-21(11-17)30-8-9-32-22-4-2-3-7-31-22;1-16-5-6-18(25)12-19(16)17-10-20(23(13-24)14-27-15-23)26-21(11-17)28-8-9-30-22-4-2-3-7-29-22;1-16-5-6-18(25(27)28)12-19(16)17-10-20(23(13-26)14-29-15-23)24-21(11-17)30-8-9-32-22-4-2-3-7-31-22/h5-6,10-12,22H,2-4,7-9,13-15H2,1H3;5-6,10-12,22H,2-4,7-9,13-15,25H2,1H3;5-6,10-12,22,26H,2-4,7-9,13-15H2,1H3. The summed E-state index contributed by atoms with van der Waals surface area (Å²) >= 11 is 0. The zero-order valence-electron chi connectivity index (χ0n) is 53.5. The normalized spacial score (nSPS) is 20.1. The highest BCUT2D eigenvalue weighted by molar-refractivity contribution is 5.74. The smallest absolute Gasteiger partial charge is 0.270 e. The largest absolute Gasteiger partial charge is 0.475 e. The topological polar surface area (TPSA) is 282 Å². The first-order chi connectivity index (χ1) is 45.6. The summed E-state index contributed by atoms with van der Waals surface area (Å²) in [5.41, 5.74) is 13.8. The molecule has 6 saturated heterocycles. The number of nitro groups is 2. The molecule has 506 valence electrons. The minimum absolute atomic E-state index is 0.0103. The first kappa shape index (κ1) is 69.4. The van der Waals surface area contributed by atoms with E-state index in [1.807, 2.05) is 57.2 Å². The van der Waals surface area contributed by atoms with Crippen LogP contribution in [-0.2, 0) is 58.9 Å². The molecule has 0 aliphatic carbocycles. The van der Waals surface area contributed by atoms with E-state index in [1.54, 1.807) is 36.4 Å². The predicted octanol–water partition coefficient (Wildman–Crippen LogP) is 11.1. The molecule has 3 aromatic carbocycles. The second-order valence-corrected chi connectivity index (χ2v) is 24.6. The number of aromatic nitrogens is 3. The summed E-state index contributed by atoms with van der Waals surface area (Å²) in [4.78, 5) is 35.5. The zero-order chi connectivity index (χ0) is 66.1. The molecule has 9 heterocycles. The summed E-state index contributed by atoms with van der Waals surface area (Å²) < 4.78 is 95.2. The van der Waals surface area contributed by atoms with Gasteiger partial charge in [-0.3, -0.25) is 20.2 Å². The van der Waals surface area contributed by atoms with Gasteiger partial charge in [0.15, 0.2) is 18.9 Å². The molecule has 25 heteroatoms. The third-order valence-electron chi connectivity index (χ3n) is 17.5. The Labute approximate surface area is 545 Å². The highest BCUT2D eigenvalue weighted by atomic mass is 19.1. The first-order valence-electron chi connectivity index (χ1n) is 32.1. The molecule has 0 radical (unpaired) electrons. The molecule has 6 aliphatic heterocycles. The van der Waals surface area contributed by atoms with Crippen molar-refractivity contribution in [3.63, 3.8) is 0 Å². The van der Waals surface area contributed by atoms with Gasteiger partial charge in [0.2, 0.25) is 17.6 Å². The maximum Gasteiger partial charge on any atom is 0.270 e. The predicted molar refractivity (Wildman–Crippen MR) is 343 cm³/mol. The highest BCUT2D eigenvalue weighted by Gasteiger charge is 2.45. The van der Waals surface area contributed by atoms with Crippen LogP contribution in [0.2, 0.25) is 0 Å². The fourth-order valence-corrected chi connectivity index (χ4v) is 11.5. The van der Waals surface area contributed by atoms with Crippen molar-refractivity contribution in [1.29, 1.82) is 0 Å². The van der Waals surface area contributed by atoms with Crippen molar-refractivity contribution in [1.82, 2.24) is 15.0 Å². The third-order valence-corrected chi connectivity index (χ3v) is 17.5. The SMILES string of the molecule is Cc1ccc(N)cc1-c1cc(OCCOC2CCCCO2)nc(C2(CF)COC2)c1.Cc1ccc([N+](=O)[O-])cc1-c1cc(OCCOC2CCCCO2)nc(C2(CF)COC2)c1.Cc1ccc([N+](=O)[O-])cc1-c1cc(OCCOC2CCCCO2)nc(C2(CO)COC2)c1. The molecule has 3 unspecified atom stereocenters. The van der Waals surface area contributed by atoms with Crippen LogP contribution in [0.25, 0.3) is 33.4 Å². The number of alkyl halides is 2. The molecule has 94 heavy (non-hydrogen) atoms. The van der Waals surface area contributed by atoms with E-state index in [-0.39, 0.29) is 63.3 Å². The summed E-state index contributed by atoms with van der Waals surface area (Å²) in [5, 5.41) is 32.6. The van der Waals surface area contributed by atoms with Crippen molar-refractivity contribution in [2.24, 2.45) is 0 Å². The summed E-state index contributed by atoms with van der Waals surface area (Å²) in [7, 11) is 0. The monoisotopic (exact) mass is 1310 g/mol. The molecule has 0 saturated carbocycles. The van der Waals surface area contributed by atoms with Crippen LogP contribution in [0.3, 0.4) is 0 Å². The van der Waals surface area contributed by atoms with Gasteiger partial charge in [0.25, 0.3) is 11.4 Å². The van der Waals surface area contributed by atoms with Gasteiger partial charge in [-0.25, -0.2) is 23.7 Å². The molecule has 6 aliphatic rings. The number of nitro benzene ring substituents is 2. The molecule has 0 bridgehead atoms. The minimum Gasteiger partial charge on any atom is -0.475 e. The van der Waals surface area contributed by atoms with Gasteiger partial charge in [-0.2, -0.15) is 0 Å². The van der Waals surface area contributed by atoms with Gasteiger partial charge in [0.05, 0.1) is 109 Å². The Morgan fingerprint density at radius 2 is 0.830 bits per heavy atom. The fourth-order valence-electron chi connectivity index (χ4n) is 11.5. The van der Waals surface area contributed by atoms with Crippen molar-refractivity contribution >= 4 is 17.1 Å². The third kappa shape index (κ3) is 17.5. The lowest BCUT2D eigenvalue weighted by atomic mass is 9.82. The van der Waals surface area contributed by atoms with Gasteiger partial charge in [0, 0.05) is 68.0 Å². The number of halogens is 2. The number of rotatable bonds is 26. The van der Waals surface area contributed by atoms with Gasteiger partial charge < -0.3 is 67.7 Å². The maximum atomic E-state index is 13.9. The molecule has 3 atom stereocenters. The molecule has 6 aromatic rings.